The first-order valence-electron chi connectivity index (χ1n) is 11.1. The minimum absolute atomic E-state index is 0.102. The molecule has 3 aromatic rings. The van der Waals surface area contributed by atoms with E-state index >= 15 is 0 Å². The number of rotatable bonds is 5. The van der Waals surface area contributed by atoms with Crippen LogP contribution in [0.15, 0.2) is 35.4 Å². The molecule has 2 aliphatic rings. The molecular formula is C23H29N5O2S. The number of ether oxygens (including phenoxy) is 1. The van der Waals surface area contributed by atoms with Crippen molar-refractivity contribution in [2.24, 2.45) is 7.05 Å². The van der Waals surface area contributed by atoms with E-state index in [2.05, 4.69) is 43.0 Å². The number of aryl methyl sites for hydroxylation is 2. The Morgan fingerprint density at radius 2 is 2.03 bits per heavy atom. The van der Waals surface area contributed by atoms with Gasteiger partial charge in [0.15, 0.2) is 0 Å². The Balaban J connectivity index is 1.17. The fourth-order valence-electron chi connectivity index (χ4n) is 4.74. The van der Waals surface area contributed by atoms with Crippen LogP contribution in [-0.2, 0) is 29.5 Å². The van der Waals surface area contributed by atoms with Gasteiger partial charge in [0, 0.05) is 67.2 Å². The van der Waals surface area contributed by atoms with E-state index in [-0.39, 0.29) is 11.9 Å². The van der Waals surface area contributed by atoms with E-state index < -0.39 is 0 Å². The lowest BCUT2D eigenvalue weighted by atomic mass is 9.99. The number of carbonyl (C=O) groups excluding carboxylic acids is 1. The minimum Gasteiger partial charge on any atom is -0.381 e. The average Bonchev–Trinajstić information content (AvgIpc) is 3.29. The van der Waals surface area contributed by atoms with Gasteiger partial charge in [0.1, 0.15) is 11.6 Å². The third-order valence-corrected chi connectivity index (χ3v) is 7.49. The summed E-state index contributed by atoms with van der Waals surface area (Å²) in [6.45, 7) is 2.48. The summed E-state index contributed by atoms with van der Waals surface area (Å²) >= 11 is 1.61. The summed E-state index contributed by atoms with van der Waals surface area (Å²) in [6.07, 6.45) is 6.84. The highest BCUT2D eigenvalue weighted by Gasteiger charge is 2.26. The number of para-hydroxylation sites is 1. The molecule has 0 bridgehead atoms. The largest absolute Gasteiger partial charge is 0.381 e. The molecule has 0 aliphatic carbocycles. The van der Waals surface area contributed by atoms with Gasteiger partial charge in [-0.1, -0.05) is 18.2 Å². The van der Waals surface area contributed by atoms with Crippen LogP contribution in [0.4, 0.5) is 0 Å². The van der Waals surface area contributed by atoms with Gasteiger partial charge >= 0.3 is 0 Å². The average molecular weight is 440 g/mol. The molecule has 164 valence electrons. The summed E-state index contributed by atoms with van der Waals surface area (Å²) in [4.78, 5) is 13.8. The number of aromatic nitrogens is 4. The molecule has 0 spiro atoms. The summed E-state index contributed by atoms with van der Waals surface area (Å²) < 4.78 is 9.92. The van der Waals surface area contributed by atoms with Gasteiger partial charge in [-0.3, -0.25) is 4.79 Å². The van der Waals surface area contributed by atoms with Crippen molar-refractivity contribution in [3.05, 3.63) is 42.1 Å². The number of hydrogen-bond acceptors (Lipinski definition) is 5. The number of carbonyl (C=O) groups is 1. The number of thioether (sulfide) groups is 1. The summed E-state index contributed by atoms with van der Waals surface area (Å²) in [5.41, 5.74) is 1.19. The van der Waals surface area contributed by atoms with Crippen LogP contribution in [0, 0.1) is 0 Å². The molecule has 1 amide bonds. The van der Waals surface area contributed by atoms with Crippen molar-refractivity contribution < 1.29 is 9.53 Å². The number of nitrogens with one attached hydrogen (secondary N) is 1. The SMILES string of the molecule is Cn1cc(SCC(=O)NC2CCc3nnc(C4CCOCC4)n3CC2)c2ccccc21. The maximum absolute atomic E-state index is 12.7. The molecule has 1 saturated heterocycles. The maximum Gasteiger partial charge on any atom is 0.230 e. The second-order valence-electron chi connectivity index (χ2n) is 8.51. The highest BCUT2D eigenvalue weighted by atomic mass is 32.2. The van der Waals surface area contributed by atoms with Crippen LogP contribution in [0.5, 0.6) is 0 Å². The number of amides is 1. The smallest absolute Gasteiger partial charge is 0.230 e. The van der Waals surface area contributed by atoms with Crippen LogP contribution in [0.3, 0.4) is 0 Å². The van der Waals surface area contributed by atoms with Gasteiger partial charge in [-0.05, 0) is 31.7 Å². The van der Waals surface area contributed by atoms with E-state index in [0.29, 0.717) is 11.7 Å². The van der Waals surface area contributed by atoms with Gasteiger partial charge in [-0.25, -0.2) is 0 Å². The Bertz CT molecular complexity index is 1070. The van der Waals surface area contributed by atoms with Crippen LogP contribution in [0.1, 0.15) is 43.3 Å². The van der Waals surface area contributed by atoms with Crippen LogP contribution in [-0.4, -0.2) is 50.2 Å². The molecule has 1 aromatic carbocycles. The Kier molecular flexibility index (Phi) is 6.00. The quantitative estimate of drug-likeness (QED) is 0.618. The predicted octanol–water partition coefficient (Wildman–Crippen LogP) is 3.28. The molecule has 8 heteroatoms. The predicted molar refractivity (Wildman–Crippen MR) is 121 cm³/mol. The Labute approximate surface area is 186 Å². The van der Waals surface area contributed by atoms with Crippen LogP contribution < -0.4 is 5.32 Å². The Morgan fingerprint density at radius 3 is 2.90 bits per heavy atom. The fraction of sp³-hybridized carbons (Fsp3) is 0.522. The van der Waals surface area contributed by atoms with Gasteiger partial charge in [-0.15, -0.1) is 22.0 Å². The third kappa shape index (κ3) is 4.36. The Hall–Kier alpha value is -2.32. The van der Waals surface area contributed by atoms with Crippen molar-refractivity contribution in [1.29, 1.82) is 0 Å². The topological polar surface area (TPSA) is 74.0 Å². The lowest BCUT2D eigenvalue weighted by Gasteiger charge is -2.22. The Morgan fingerprint density at radius 1 is 1.19 bits per heavy atom. The highest BCUT2D eigenvalue weighted by molar-refractivity contribution is 8.00. The lowest BCUT2D eigenvalue weighted by Crippen LogP contribution is -2.36. The monoisotopic (exact) mass is 439 g/mol. The molecule has 1 atom stereocenters. The number of hydrogen-bond donors (Lipinski definition) is 1. The van der Waals surface area contributed by atoms with Crippen molar-refractivity contribution in [1.82, 2.24) is 24.6 Å². The lowest BCUT2D eigenvalue weighted by molar-refractivity contribution is -0.119. The maximum atomic E-state index is 12.7. The van der Waals surface area contributed by atoms with Crippen molar-refractivity contribution in [3.8, 4) is 0 Å². The van der Waals surface area contributed by atoms with Crippen LogP contribution >= 0.6 is 11.8 Å². The molecular weight excluding hydrogens is 410 g/mol. The first-order chi connectivity index (χ1) is 15.2. The van der Waals surface area contributed by atoms with Gasteiger partial charge in [-0.2, -0.15) is 0 Å². The second-order valence-corrected chi connectivity index (χ2v) is 9.53. The molecule has 7 nitrogen and oxygen atoms in total. The third-order valence-electron chi connectivity index (χ3n) is 6.44. The molecule has 1 N–H and O–H groups in total. The summed E-state index contributed by atoms with van der Waals surface area (Å²) in [5.74, 6) is 3.15. The van der Waals surface area contributed by atoms with E-state index in [1.807, 2.05) is 19.2 Å². The molecule has 4 heterocycles. The normalized spacial score (nSPS) is 19.8. The van der Waals surface area contributed by atoms with Gasteiger partial charge in [0.25, 0.3) is 0 Å². The van der Waals surface area contributed by atoms with E-state index in [4.69, 9.17) is 4.74 Å². The van der Waals surface area contributed by atoms with E-state index in [0.717, 1.165) is 68.4 Å². The van der Waals surface area contributed by atoms with Crippen LogP contribution in [0.25, 0.3) is 10.9 Å². The zero-order valence-corrected chi connectivity index (χ0v) is 18.7. The van der Waals surface area contributed by atoms with Crippen molar-refractivity contribution in [2.75, 3.05) is 19.0 Å². The highest BCUT2D eigenvalue weighted by Crippen LogP contribution is 2.30. The molecule has 0 radical (unpaired) electrons. The molecule has 1 fully saturated rings. The standard InChI is InChI=1S/C23H29N5O2S/c1-27-14-20(18-4-2-3-5-19(18)27)31-15-22(29)24-17-6-7-21-25-26-23(28(21)11-8-17)16-9-12-30-13-10-16/h2-5,14,16-17H,6-13,15H2,1H3,(H,24,29). The zero-order valence-electron chi connectivity index (χ0n) is 17.9. The fourth-order valence-corrected chi connectivity index (χ4v) is 5.68. The summed E-state index contributed by atoms with van der Waals surface area (Å²) in [6, 6.07) is 8.50. The van der Waals surface area contributed by atoms with Crippen molar-refractivity contribution in [3.63, 3.8) is 0 Å². The van der Waals surface area contributed by atoms with E-state index in [1.54, 1.807) is 11.8 Å². The van der Waals surface area contributed by atoms with Crippen molar-refractivity contribution in [2.45, 2.75) is 55.5 Å². The van der Waals surface area contributed by atoms with Gasteiger partial charge in [0.2, 0.25) is 5.91 Å². The summed E-state index contributed by atoms with van der Waals surface area (Å²) in [5, 5.41) is 13.4. The number of fused-ring (bicyclic) bond motifs is 2. The molecule has 5 rings (SSSR count). The van der Waals surface area contributed by atoms with E-state index in [1.165, 1.54) is 10.9 Å². The van der Waals surface area contributed by atoms with Crippen LogP contribution in [0.2, 0.25) is 0 Å². The summed E-state index contributed by atoms with van der Waals surface area (Å²) in [7, 11) is 2.05. The molecule has 1 unspecified atom stereocenters. The van der Waals surface area contributed by atoms with Gasteiger partial charge < -0.3 is 19.2 Å². The zero-order chi connectivity index (χ0) is 21.2. The molecule has 2 aromatic heterocycles. The number of nitrogens with zero attached hydrogens (tertiary/aromatic N) is 4. The van der Waals surface area contributed by atoms with E-state index in [9.17, 15) is 4.79 Å². The second kappa shape index (κ2) is 9.04. The molecule has 0 saturated carbocycles. The van der Waals surface area contributed by atoms with Crippen molar-refractivity contribution >= 4 is 28.6 Å². The number of benzene rings is 1. The van der Waals surface area contributed by atoms with Gasteiger partial charge in [0.05, 0.1) is 5.75 Å². The first-order valence-corrected chi connectivity index (χ1v) is 12.1. The molecule has 31 heavy (non-hydrogen) atoms. The first kappa shape index (κ1) is 20.6. The molecule has 2 aliphatic heterocycles. The minimum atomic E-state index is 0.102.